The molecule has 3 rings (SSSR count). The summed E-state index contributed by atoms with van der Waals surface area (Å²) in [5.74, 6) is -1.54. The van der Waals surface area contributed by atoms with E-state index < -0.39 is 33.4 Å². The SMILES string of the molecule is CCCS(=O)(=O)c1ccc(C2=CCOCC2)c(NC(=O)Nc2ccc(F)c(C(F)(F)F)c2)c1. The Balaban J connectivity index is 1.92. The van der Waals surface area contributed by atoms with Gasteiger partial charge in [-0.2, -0.15) is 13.2 Å². The highest BCUT2D eigenvalue weighted by Gasteiger charge is 2.34. The average Bonchev–Trinajstić information content (AvgIpc) is 2.75. The maximum absolute atomic E-state index is 13.5. The second-order valence-corrected chi connectivity index (χ2v) is 9.46. The summed E-state index contributed by atoms with van der Waals surface area (Å²) in [5, 5.41) is 4.75. The molecule has 0 radical (unpaired) electrons. The topological polar surface area (TPSA) is 84.5 Å². The summed E-state index contributed by atoms with van der Waals surface area (Å²) in [6.07, 6.45) is -2.19. The van der Waals surface area contributed by atoms with Crippen molar-refractivity contribution in [1.29, 1.82) is 0 Å². The predicted octanol–water partition coefficient (Wildman–Crippen LogP) is 5.48. The van der Waals surface area contributed by atoms with Crippen LogP contribution in [0.1, 0.15) is 30.9 Å². The minimum absolute atomic E-state index is 0.0113. The molecule has 0 saturated carbocycles. The number of halogens is 4. The summed E-state index contributed by atoms with van der Waals surface area (Å²) in [6, 6.07) is 5.53. The van der Waals surface area contributed by atoms with E-state index in [4.69, 9.17) is 4.74 Å². The first-order chi connectivity index (χ1) is 15.5. The van der Waals surface area contributed by atoms with Crippen molar-refractivity contribution in [3.8, 4) is 0 Å². The van der Waals surface area contributed by atoms with E-state index in [1.165, 1.54) is 12.1 Å². The fraction of sp³-hybridized carbons (Fsp3) is 0.318. The van der Waals surface area contributed by atoms with Crippen molar-refractivity contribution in [3.63, 3.8) is 0 Å². The molecule has 1 aliphatic heterocycles. The molecule has 2 amide bonds. The summed E-state index contributed by atoms with van der Waals surface area (Å²) in [5.41, 5.74) is -0.212. The fourth-order valence-electron chi connectivity index (χ4n) is 3.36. The molecule has 0 atom stereocenters. The number of benzene rings is 2. The van der Waals surface area contributed by atoms with Crippen molar-refractivity contribution in [2.24, 2.45) is 0 Å². The van der Waals surface area contributed by atoms with Crippen molar-refractivity contribution in [2.45, 2.75) is 30.8 Å². The standard InChI is InChI=1S/C22H22F4N2O4S/c1-2-11-33(30,31)16-4-5-17(14-7-9-32-10-8-14)20(13-16)28-21(29)27-15-3-6-19(23)18(12-15)22(24,25)26/h3-7,12-13H,2,8-11H2,1H3,(H2,27,28,29). The number of amides is 2. The number of ether oxygens (including phenoxy) is 1. The molecule has 0 aromatic heterocycles. The number of carbonyl (C=O) groups excluding carboxylic acids is 1. The van der Waals surface area contributed by atoms with Gasteiger partial charge in [0.1, 0.15) is 5.82 Å². The third-order valence-corrected chi connectivity index (χ3v) is 6.83. The lowest BCUT2D eigenvalue weighted by Crippen LogP contribution is -2.21. The van der Waals surface area contributed by atoms with Gasteiger partial charge in [0.25, 0.3) is 0 Å². The van der Waals surface area contributed by atoms with Crippen LogP contribution in [0.3, 0.4) is 0 Å². The third-order valence-electron chi connectivity index (χ3n) is 4.91. The lowest BCUT2D eigenvalue weighted by Gasteiger charge is -2.19. The minimum Gasteiger partial charge on any atom is -0.377 e. The average molecular weight is 486 g/mol. The summed E-state index contributed by atoms with van der Waals surface area (Å²) >= 11 is 0. The van der Waals surface area contributed by atoms with Crippen molar-refractivity contribution in [1.82, 2.24) is 0 Å². The monoisotopic (exact) mass is 486 g/mol. The van der Waals surface area contributed by atoms with Crippen LogP contribution in [-0.2, 0) is 20.8 Å². The normalized spacial score (nSPS) is 14.5. The molecule has 2 aromatic carbocycles. The van der Waals surface area contributed by atoms with Gasteiger partial charge in [0.15, 0.2) is 9.84 Å². The molecule has 0 unspecified atom stereocenters. The largest absolute Gasteiger partial charge is 0.419 e. The number of nitrogens with one attached hydrogen (secondary N) is 2. The van der Waals surface area contributed by atoms with Gasteiger partial charge < -0.3 is 15.4 Å². The first-order valence-electron chi connectivity index (χ1n) is 10.1. The summed E-state index contributed by atoms with van der Waals surface area (Å²) in [7, 11) is -3.58. The molecular formula is C22H22F4N2O4S. The summed E-state index contributed by atoms with van der Waals surface area (Å²) in [6.45, 7) is 2.53. The first kappa shape index (κ1) is 24.7. The van der Waals surface area contributed by atoms with Gasteiger partial charge in [-0.05, 0) is 48.7 Å². The molecule has 2 N–H and O–H groups in total. The Kier molecular flexibility index (Phi) is 7.43. The lowest BCUT2D eigenvalue weighted by atomic mass is 9.99. The van der Waals surface area contributed by atoms with Crippen LogP contribution in [0, 0.1) is 5.82 Å². The minimum atomic E-state index is -4.93. The summed E-state index contributed by atoms with van der Waals surface area (Å²) in [4.78, 5) is 12.6. The molecule has 0 bridgehead atoms. The second kappa shape index (κ2) is 9.92. The van der Waals surface area contributed by atoms with Gasteiger partial charge in [-0.1, -0.05) is 19.1 Å². The van der Waals surface area contributed by atoms with Gasteiger partial charge in [-0.25, -0.2) is 17.6 Å². The molecular weight excluding hydrogens is 464 g/mol. The molecule has 6 nitrogen and oxygen atoms in total. The van der Waals surface area contributed by atoms with Gasteiger partial charge in [-0.3, -0.25) is 0 Å². The van der Waals surface area contributed by atoms with E-state index in [1.807, 2.05) is 0 Å². The molecule has 0 fully saturated rings. The Labute approximate surface area is 188 Å². The quantitative estimate of drug-likeness (QED) is 0.530. The predicted molar refractivity (Wildman–Crippen MR) is 116 cm³/mol. The zero-order valence-electron chi connectivity index (χ0n) is 17.6. The Morgan fingerprint density at radius 2 is 1.88 bits per heavy atom. The highest BCUT2D eigenvalue weighted by atomic mass is 32.2. The van der Waals surface area contributed by atoms with E-state index in [9.17, 15) is 30.8 Å². The zero-order chi connectivity index (χ0) is 24.2. The number of alkyl halides is 3. The Morgan fingerprint density at radius 1 is 1.12 bits per heavy atom. The molecule has 0 aliphatic carbocycles. The van der Waals surface area contributed by atoms with Crippen LogP contribution >= 0.6 is 0 Å². The molecule has 0 spiro atoms. The molecule has 1 heterocycles. The molecule has 2 aromatic rings. The Bertz CT molecular complexity index is 1180. The van der Waals surface area contributed by atoms with Crippen LogP contribution in [0.5, 0.6) is 0 Å². The van der Waals surface area contributed by atoms with Gasteiger partial charge in [0, 0.05) is 11.3 Å². The van der Waals surface area contributed by atoms with Crippen LogP contribution in [0.15, 0.2) is 47.4 Å². The molecule has 11 heteroatoms. The van der Waals surface area contributed by atoms with E-state index in [0.29, 0.717) is 43.8 Å². The van der Waals surface area contributed by atoms with E-state index in [1.54, 1.807) is 19.1 Å². The number of hydrogen-bond donors (Lipinski definition) is 2. The molecule has 1 aliphatic rings. The molecule has 33 heavy (non-hydrogen) atoms. The van der Waals surface area contributed by atoms with Gasteiger partial charge in [0.2, 0.25) is 0 Å². The molecule has 178 valence electrons. The highest BCUT2D eigenvalue weighted by Crippen LogP contribution is 2.34. The zero-order valence-corrected chi connectivity index (χ0v) is 18.4. The van der Waals surface area contributed by atoms with Crippen molar-refractivity contribution >= 4 is 32.8 Å². The van der Waals surface area contributed by atoms with Crippen molar-refractivity contribution in [3.05, 3.63) is 59.4 Å². The smallest absolute Gasteiger partial charge is 0.377 e. The van der Waals surface area contributed by atoms with Crippen LogP contribution in [0.4, 0.5) is 33.7 Å². The lowest BCUT2D eigenvalue weighted by molar-refractivity contribution is -0.139. The number of hydrogen-bond acceptors (Lipinski definition) is 4. The molecule has 0 saturated heterocycles. The number of sulfone groups is 1. The second-order valence-electron chi connectivity index (χ2n) is 7.35. The van der Waals surface area contributed by atoms with Crippen LogP contribution in [0.25, 0.3) is 5.57 Å². The van der Waals surface area contributed by atoms with Crippen LogP contribution < -0.4 is 10.6 Å². The first-order valence-corrected chi connectivity index (χ1v) is 11.7. The maximum atomic E-state index is 13.5. The van der Waals surface area contributed by atoms with E-state index in [0.717, 1.165) is 11.6 Å². The third kappa shape index (κ3) is 6.11. The van der Waals surface area contributed by atoms with Crippen LogP contribution in [0.2, 0.25) is 0 Å². The highest BCUT2D eigenvalue weighted by molar-refractivity contribution is 7.91. The van der Waals surface area contributed by atoms with E-state index in [-0.39, 0.29) is 22.0 Å². The fourth-order valence-corrected chi connectivity index (χ4v) is 4.71. The maximum Gasteiger partial charge on any atom is 0.419 e. The van der Waals surface area contributed by atoms with Crippen LogP contribution in [-0.4, -0.2) is 33.4 Å². The number of urea groups is 1. The van der Waals surface area contributed by atoms with Gasteiger partial charge in [-0.15, -0.1) is 0 Å². The number of carbonyl (C=O) groups is 1. The van der Waals surface area contributed by atoms with E-state index in [2.05, 4.69) is 10.6 Å². The van der Waals surface area contributed by atoms with E-state index >= 15 is 0 Å². The van der Waals surface area contributed by atoms with Crippen molar-refractivity contribution < 1.29 is 35.5 Å². The van der Waals surface area contributed by atoms with Gasteiger partial charge in [0.05, 0.1) is 35.1 Å². The summed E-state index contributed by atoms with van der Waals surface area (Å²) < 4.78 is 82.7. The van der Waals surface area contributed by atoms with Gasteiger partial charge >= 0.3 is 12.2 Å². The Morgan fingerprint density at radius 3 is 2.52 bits per heavy atom. The van der Waals surface area contributed by atoms with Crippen molar-refractivity contribution in [2.75, 3.05) is 29.6 Å². The number of rotatable bonds is 6. The number of anilines is 2. The Hall–Kier alpha value is -2.92.